The number of rotatable bonds is 6. The maximum absolute atomic E-state index is 2.28. The molecule has 0 saturated carbocycles. The third-order valence-corrected chi connectivity index (χ3v) is 2.82. The van der Waals surface area contributed by atoms with Crippen LogP contribution < -0.4 is 0 Å². The van der Waals surface area contributed by atoms with Gasteiger partial charge in [-0.05, 0) is 23.8 Å². The molecule has 0 heterocycles. The van der Waals surface area contributed by atoms with Crippen LogP contribution >= 0.6 is 11.8 Å². The van der Waals surface area contributed by atoms with Crippen LogP contribution in [0.15, 0.2) is 0 Å². The Labute approximate surface area is 69.8 Å². The highest BCUT2D eigenvalue weighted by Gasteiger charge is 1.92. The van der Waals surface area contributed by atoms with Crippen LogP contribution in [0.3, 0.4) is 0 Å². The van der Waals surface area contributed by atoms with Crippen molar-refractivity contribution in [3.05, 3.63) is 0 Å². The summed E-state index contributed by atoms with van der Waals surface area (Å²) in [5.41, 5.74) is 0. The van der Waals surface area contributed by atoms with Crippen molar-refractivity contribution in [3.8, 4) is 0 Å². The zero-order valence-corrected chi connectivity index (χ0v) is 8.34. The first kappa shape index (κ1) is 10.3. The predicted octanol–water partition coefficient (Wildman–Crippen LogP) is 3.57. The fourth-order valence-electron chi connectivity index (χ4n) is 0.773. The van der Waals surface area contributed by atoms with Crippen molar-refractivity contribution >= 4 is 11.8 Å². The van der Waals surface area contributed by atoms with Gasteiger partial charge in [-0.1, -0.05) is 33.6 Å². The van der Waals surface area contributed by atoms with Gasteiger partial charge in [0, 0.05) is 0 Å². The Balaban J connectivity index is 2.77. The SMILES string of the molecule is CCCCCSCC(C)C. The normalized spacial score (nSPS) is 10.8. The highest BCUT2D eigenvalue weighted by atomic mass is 32.2. The van der Waals surface area contributed by atoms with Crippen molar-refractivity contribution in [3.63, 3.8) is 0 Å². The quantitative estimate of drug-likeness (QED) is 0.535. The zero-order chi connectivity index (χ0) is 7.82. The third kappa shape index (κ3) is 8.35. The van der Waals surface area contributed by atoms with Crippen molar-refractivity contribution in [2.24, 2.45) is 5.92 Å². The summed E-state index contributed by atoms with van der Waals surface area (Å²) in [5.74, 6) is 3.57. The summed E-state index contributed by atoms with van der Waals surface area (Å²) >= 11 is 2.10. The first-order valence-corrected chi connectivity index (χ1v) is 5.50. The highest BCUT2D eigenvalue weighted by molar-refractivity contribution is 7.99. The van der Waals surface area contributed by atoms with E-state index in [4.69, 9.17) is 0 Å². The van der Waals surface area contributed by atoms with Gasteiger partial charge in [-0.25, -0.2) is 0 Å². The van der Waals surface area contributed by atoms with E-state index in [-0.39, 0.29) is 0 Å². The second-order valence-electron chi connectivity index (χ2n) is 3.18. The Morgan fingerprint density at radius 1 is 1.20 bits per heavy atom. The molecule has 0 aliphatic carbocycles. The Morgan fingerprint density at radius 2 is 1.90 bits per heavy atom. The molecule has 10 heavy (non-hydrogen) atoms. The van der Waals surface area contributed by atoms with Gasteiger partial charge in [-0.2, -0.15) is 11.8 Å². The maximum atomic E-state index is 2.28. The first-order chi connectivity index (χ1) is 4.77. The molecule has 1 heteroatoms. The molecule has 0 atom stereocenters. The van der Waals surface area contributed by atoms with Crippen molar-refractivity contribution in [2.75, 3.05) is 11.5 Å². The average Bonchev–Trinajstić information content (AvgIpc) is 1.87. The van der Waals surface area contributed by atoms with Gasteiger partial charge in [-0.15, -0.1) is 0 Å². The lowest BCUT2D eigenvalue weighted by molar-refractivity contribution is 0.744. The minimum Gasteiger partial charge on any atom is -0.162 e. The molecule has 0 N–H and O–H groups in total. The number of hydrogen-bond donors (Lipinski definition) is 0. The van der Waals surface area contributed by atoms with Crippen LogP contribution in [0.25, 0.3) is 0 Å². The molecule has 0 nitrogen and oxygen atoms in total. The van der Waals surface area contributed by atoms with Gasteiger partial charge in [0.15, 0.2) is 0 Å². The fraction of sp³-hybridized carbons (Fsp3) is 1.00. The minimum atomic E-state index is 0.867. The van der Waals surface area contributed by atoms with Crippen LogP contribution in [0, 0.1) is 5.92 Å². The van der Waals surface area contributed by atoms with E-state index < -0.39 is 0 Å². The number of thioether (sulfide) groups is 1. The Hall–Kier alpha value is 0.350. The van der Waals surface area contributed by atoms with Gasteiger partial charge in [-0.3, -0.25) is 0 Å². The van der Waals surface area contributed by atoms with Crippen molar-refractivity contribution in [2.45, 2.75) is 40.0 Å². The molecule has 0 aromatic rings. The smallest absolute Gasteiger partial charge is 0.00444 e. The summed E-state index contributed by atoms with van der Waals surface area (Å²) in [6.07, 6.45) is 4.17. The number of unbranched alkanes of at least 4 members (excludes halogenated alkanes) is 2. The molecule has 62 valence electrons. The van der Waals surface area contributed by atoms with Crippen molar-refractivity contribution < 1.29 is 0 Å². The van der Waals surface area contributed by atoms with Gasteiger partial charge in [0.05, 0.1) is 0 Å². The lowest BCUT2D eigenvalue weighted by atomic mass is 10.3. The molecule has 0 aromatic heterocycles. The largest absolute Gasteiger partial charge is 0.162 e. The van der Waals surface area contributed by atoms with E-state index in [1.165, 1.54) is 30.8 Å². The predicted molar refractivity (Wildman–Crippen MR) is 51.7 cm³/mol. The van der Waals surface area contributed by atoms with Gasteiger partial charge in [0.2, 0.25) is 0 Å². The standard InChI is InChI=1S/C9H20S/c1-4-5-6-7-10-8-9(2)3/h9H,4-8H2,1-3H3. The van der Waals surface area contributed by atoms with Gasteiger partial charge >= 0.3 is 0 Å². The van der Waals surface area contributed by atoms with Gasteiger partial charge in [0.1, 0.15) is 0 Å². The van der Waals surface area contributed by atoms with E-state index in [1.54, 1.807) is 0 Å². The van der Waals surface area contributed by atoms with E-state index in [2.05, 4.69) is 32.5 Å². The molecule has 0 aliphatic heterocycles. The molecule has 0 aliphatic rings. The highest BCUT2D eigenvalue weighted by Crippen LogP contribution is 2.10. The Kier molecular flexibility index (Phi) is 7.72. The van der Waals surface area contributed by atoms with E-state index in [0.717, 1.165) is 5.92 Å². The molecule has 0 rings (SSSR count). The zero-order valence-electron chi connectivity index (χ0n) is 7.52. The minimum absolute atomic E-state index is 0.867. The Morgan fingerprint density at radius 3 is 2.40 bits per heavy atom. The molecular formula is C9H20S. The summed E-state index contributed by atoms with van der Waals surface area (Å²) in [7, 11) is 0. The maximum Gasteiger partial charge on any atom is -0.00444 e. The molecule has 0 fully saturated rings. The van der Waals surface area contributed by atoms with E-state index in [9.17, 15) is 0 Å². The summed E-state index contributed by atoms with van der Waals surface area (Å²) in [5, 5.41) is 0. The number of hydrogen-bond acceptors (Lipinski definition) is 1. The molecule has 0 radical (unpaired) electrons. The van der Waals surface area contributed by atoms with Crippen LogP contribution in [0.2, 0.25) is 0 Å². The second kappa shape index (κ2) is 7.46. The van der Waals surface area contributed by atoms with E-state index >= 15 is 0 Å². The van der Waals surface area contributed by atoms with Crippen LogP contribution in [-0.4, -0.2) is 11.5 Å². The molecule has 0 unspecified atom stereocenters. The molecule has 0 spiro atoms. The summed E-state index contributed by atoms with van der Waals surface area (Å²) < 4.78 is 0. The van der Waals surface area contributed by atoms with Crippen LogP contribution in [0.1, 0.15) is 40.0 Å². The van der Waals surface area contributed by atoms with Gasteiger partial charge in [0.25, 0.3) is 0 Å². The average molecular weight is 160 g/mol. The van der Waals surface area contributed by atoms with E-state index in [1.807, 2.05) is 0 Å². The van der Waals surface area contributed by atoms with Gasteiger partial charge < -0.3 is 0 Å². The lowest BCUT2D eigenvalue weighted by Gasteiger charge is -2.02. The molecule has 0 aromatic carbocycles. The monoisotopic (exact) mass is 160 g/mol. The first-order valence-electron chi connectivity index (χ1n) is 4.35. The summed E-state index contributed by atoms with van der Waals surface area (Å²) in [6.45, 7) is 6.83. The topological polar surface area (TPSA) is 0 Å². The van der Waals surface area contributed by atoms with E-state index in [0.29, 0.717) is 0 Å². The fourth-order valence-corrected chi connectivity index (χ4v) is 1.82. The second-order valence-corrected chi connectivity index (χ2v) is 4.33. The summed E-state index contributed by atoms with van der Waals surface area (Å²) in [4.78, 5) is 0. The van der Waals surface area contributed by atoms with Crippen molar-refractivity contribution in [1.29, 1.82) is 0 Å². The third-order valence-electron chi connectivity index (χ3n) is 1.34. The molecular weight excluding hydrogens is 140 g/mol. The van der Waals surface area contributed by atoms with Crippen LogP contribution in [0.5, 0.6) is 0 Å². The molecule has 0 bridgehead atoms. The molecule has 0 saturated heterocycles. The van der Waals surface area contributed by atoms with Crippen LogP contribution in [-0.2, 0) is 0 Å². The lowest BCUT2D eigenvalue weighted by Crippen LogP contribution is -1.91. The summed E-state index contributed by atoms with van der Waals surface area (Å²) in [6, 6.07) is 0. The van der Waals surface area contributed by atoms with Crippen LogP contribution in [0.4, 0.5) is 0 Å². The molecule has 0 amide bonds. The van der Waals surface area contributed by atoms with Crippen molar-refractivity contribution in [1.82, 2.24) is 0 Å². The Bertz CT molecular complexity index is 59.7.